The van der Waals surface area contributed by atoms with Gasteiger partial charge in [0, 0.05) is 36.9 Å². The van der Waals surface area contributed by atoms with Crippen LogP contribution in [0.5, 0.6) is 0 Å². The fraction of sp³-hybridized carbons (Fsp3) is 0.600. The number of nitrogens with zero attached hydrogens (tertiary/aromatic N) is 1. The number of nitrogens with one attached hydrogen (secondary N) is 2. The normalized spacial score (nSPS) is 15.3. The Labute approximate surface area is 151 Å². The molecule has 2 amide bonds. The van der Waals surface area contributed by atoms with Crippen molar-refractivity contribution >= 4 is 23.2 Å². The average Bonchev–Trinajstić information content (AvgIpc) is 2.55. The molecule has 5 nitrogen and oxygen atoms in total. The fourth-order valence-corrected chi connectivity index (χ4v) is 3.11. The molecule has 0 aliphatic carbocycles. The zero-order valence-electron chi connectivity index (χ0n) is 15.9. The van der Waals surface area contributed by atoms with Crippen molar-refractivity contribution in [2.45, 2.75) is 59.4 Å². The lowest BCUT2D eigenvalue weighted by molar-refractivity contribution is -0.116. The first-order valence-corrected chi connectivity index (χ1v) is 9.40. The lowest BCUT2D eigenvalue weighted by Crippen LogP contribution is -2.36. The second-order valence-corrected chi connectivity index (χ2v) is 7.33. The van der Waals surface area contributed by atoms with E-state index in [1.54, 1.807) is 6.07 Å². The highest BCUT2D eigenvalue weighted by atomic mass is 16.2. The van der Waals surface area contributed by atoms with E-state index in [0.29, 0.717) is 17.7 Å². The van der Waals surface area contributed by atoms with E-state index in [2.05, 4.69) is 22.5 Å². The van der Waals surface area contributed by atoms with E-state index in [0.717, 1.165) is 44.0 Å². The van der Waals surface area contributed by atoms with Crippen LogP contribution in [0.1, 0.15) is 63.7 Å². The molecule has 0 atom stereocenters. The first-order chi connectivity index (χ1) is 11.9. The van der Waals surface area contributed by atoms with Gasteiger partial charge in [0.25, 0.3) is 5.91 Å². The van der Waals surface area contributed by atoms with E-state index >= 15 is 0 Å². The number of hydrogen-bond acceptors (Lipinski definition) is 3. The molecular formula is C20H31N3O2. The molecule has 2 N–H and O–H groups in total. The van der Waals surface area contributed by atoms with E-state index in [1.807, 2.05) is 32.9 Å². The molecule has 1 aromatic carbocycles. The second kappa shape index (κ2) is 8.88. The monoisotopic (exact) mass is 345 g/mol. The van der Waals surface area contributed by atoms with Gasteiger partial charge in [-0.2, -0.15) is 0 Å². The largest absolute Gasteiger partial charge is 0.371 e. The summed E-state index contributed by atoms with van der Waals surface area (Å²) in [6.45, 7) is 10.1. The molecule has 5 heteroatoms. The van der Waals surface area contributed by atoms with Crippen LogP contribution in [0, 0.1) is 5.92 Å². The van der Waals surface area contributed by atoms with Gasteiger partial charge < -0.3 is 15.5 Å². The van der Waals surface area contributed by atoms with E-state index in [1.165, 1.54) is 0 Å². The molecule has 1 heterocycles. The van der Waals surface area contributed by atoms with Crippen LogP contribution in [0.25, 0.3) is 0 Å². The number of carbonyl (C=O) groups is 2. The van der Waals surface area contributed by atoms with Crippen LogP contribution in [0.2, 0.25) is 0 Å². The Morgan fingerprint density at radius 1 is 1.24 bits per heavy atom. The Hall–Kier alpha value is -2.04. The van der Waals surface area contributed by atoms with Crippen LogP contribution in [-0.2, 0) is 4.79 Å². The molecule has 0 aromatic heterocycles. The van der Waals surface area contributed by atoms with Crippen LogP contribution >= 0.6 is 0 Å². The van der Waals surface area contributed by atoms with Gasteiger partial charge in [-0.05, 0) is 57.2 Å². The molecular weight excluding hydrogens is 314 g/mol. The van der Waals surface area contributed by atoms with Crippen molar-refractivity contribution < 1.29 is 9.59 Å². The van der Waals surface area contributed by atoms with Crippen LogP contribution in [0.15, 0.2) is 18.2 Å². The molecule has 1 saturated heterocycles. The van der Waals surface area contributed by atoms with Crippen molar-refractivity contribution in [2.24, 2.45) is 5.92 Å². The Balaban J connectivity index is 2.27. The number of anilines is 2. The van der Waals surface area contributed by atoms with Gasteiger partial charge in [-0.25, -0.2) is 0 Å². The molecule has 0 bridgehead atoms. The Morgan fingerprint density at radius 2 is 1.92 bits per heavy atom. The molecule has 0 saturated carbocycles. The molecule has 0 radical (unpaired) electrons. The second-order valence-electron chi connectivity index (χ2n) is 7.33. The molecule has 138 valence electrons. The number of hydrogen-bond donors (Lipinski definition) is 2. The lowest BCUT2D eigenvalue weighted by atomic mass is 9.97. The smallest absolute Gasteiger partial charge is 0.253 e. The van der Waals surface area contributed by atoms with Crippen molar-refractivity contribution in [2.75, 3.05) is 23.3 Å². The van der Waals surface area contributed by atoms with Crippen molar-refractivity contribution in [1.29, 1.82) is 0 Å². The molecule has 2 rings (SSSR count). The van der Waals surface area contributed by atoms with Gasteiger partial charge in [0.05, 0.1) is 5.56 Å². The van der Waals surface area contributed by atoms with Crippen LogP contribution in [0.4, 0.5) is 11.4 Å². The first kappa shape index (κ1) is 19.3. The minimum absolute atomic E-state index is 0.0164. The van der Waals surface area contributed by atoms with E-state index in [9.17, 15) is 9.59 Å². The minimum Gasteiger partial charge on any atom is -0.371 e. The van der Waals surface area contributed by atoms with Gasteiger partial charge in [0.1, 0.15) is 0 Å². The fourth-order valence-electron chi connectivity index (χ4n) is 3.11. The van der Waals surface area contributed by atoms with Gasteiger partial charge in [-0.15, -0.1) is 0 Å². The lowest BCUT2D eigenvalue weighted by Gasteiger charge is -2.33. The van der Waals surface area contributed by atoms with Crippen LogP contribution in [0.3, 0.4) is 0 Å². The molecule has 0 unspecified atom stereocenters. The van der Waals surface area contributed by atoms with E-state index < -0.39 is 0 Å². The maximum absolute atomic E-state index is 12.7. The quantitative estimate of drug-likeness (QED) is 0.824. The van der Waals surface area contributed by atoms with E-state index in [4.69, 9.17) is 0 Å². The zero-order chi connectivity index (χ0) is 18.4. The highest BCUT2D eigenvalue weighted by Crippen LogP contribution is 2.29. The summed E-state index contributed by atoms with van der Waals surface area (Å²) in [6.07, 6.45) is 3.57. The SMILES string of the molecule is CCCC(=O)Nc1ccc(N2CCC(C)CC2)c(C(=O)NC(C)C)c1. The highest BCUT2D eigenvalue weighted by molar-refractivity contribution is 6.02. The Morgan fingerprint density at radius 3 is 2.52 bits per heavy atom. The summed E-state index contributed by atoms with van der Waals surface area (Å²) in [5, 5.41) is 5.87. The Kier molecular flexibility index (Phi) is 6.85. The van der Waals surface area contributed by atoms with Crippen molar-refractivity contribution in [3.05, 3.63) is 23.8 Å². The van der Waals surface area contributed by atoms with Gasteiger partial charge in [0.15, 0.2) is 0 Å². The van der Waals surface area contributed by atoms with Crippen LogP contribution in [-0.4, -0.2) is 30.9 Å². The third-order valence-corrected chi connectivity index (χ3v) is 4.55. The summed E-state index contributed by atoms with van der Waals surface area (Å²) in [7, 11) is 0. The zero-order valence-corrected chi connectivity index (χ0v) is 15.9. The highest BCUT2D eigenvalue weighted by Gasteiger charge is 2.22. The maximum Gasteiger partial charge on any atom is 0.253 e. The van der Waals surface area contributed by atoms with Gasteiger partial charge in [-0.3, -0.25) is 9.59 Å². The predicted molar refractivity (Wildman–Crippen MR) is 103 cm³/mol. The predicted octanol–water partition coefficient (Wildman–Crippen LogP) is 3.80. The summed E-state index contributed by atoms with van der Waals surface area (Å²) >= 11 is 0. The summed E-state index contributed by atoms with van der Waals surface area (Å²) in [6, 6.07) is 5.73. The Bertz CT molecular complexity index is 605. The van der Waals surface area contributed by atoms with Gasteiger partial charge in [0.2, 0.25) is 5.91 Å². The number of rotatable bonds is 6. The number of carbonyl (C=O) groups excluding carboxylic acids is 2. The van der Waals surface area contributed by atoms with Crippen LogP contribution < -0.4 is 15.5 Å². The molecule has 0 spiro atoms. The third kappa shape index (κ3) is 5.48. The summed E-state index contributed by atoms with van der Waals surface area (Å²) < 4.78 is 0. The summed E-state index contributed by atoms with van der Waals surface area (Å²) in [4.78, 5) is 26.9. The number of amides is 2. The van der Waals surface area contributed by atoms with Crippen molar-refractivity contribution in [3.8, 4) is 0 Å². The number of piperidine rings is 1. The minimum atomic E-state index is -0.0878. The molecule has 1 fully saturated rings. The standard InChI is InChI=1S/C20H31N3O2/c1-5-6-19(24)22-16-7-8-18(23-11-9-15(4)10-12-23)17(13-16)20(25)21-14(2)3/h7-8,13-15H,5-6,9-12H2,1-4H3,(H,21,25)(H,22,24). The summed E-state index contributed by atoms with van der Waals surface area (Å²) in [5.74, 6) is 0.629. The van der Waals surface area contributed by atoms with Gasteiger partial charge in [-0.1, -0.05) is 13.8 Å². The van der Waals surface area contributed by atoms with Gasteiger partial charge >= 0.3 is 0 Å². The third-order valence-electron chi connectivity index (χ3n) is 4.55. The average molecular weight is 345 g/mol. The van der Waals surface area contributed by atoms with Crippen molar-refractivity contribution in [3.63, 3.8) is 0 Å². The topological polar surface area (TPSA) is 61.4 Å². The van der Waals surface area contributed by atoms with E-state index in [-0.39, 0.29) is 17.9 Å². The van der Waals surface area contributed by atoms with Crippen molar-refractivity contribution in [1.82, 2.24) is 5.32 Å². The number of benzene rings is 1. The molecule has 1 aromatic rings. The summed E-state index contributed by atoms with van der Waals surface area (Å²) in [5.41, 5.74) is 2.28. The first-order valence-electron chi connectivity index (χ1n) is 9.40. The maximum atomic E-state index is 12.7. The molecule has 1 aliphatic rings. The molecule has 1 aliphatic heterocycles. The molecule has 25 heavy (non-hydrogen) atoms.